The molecule has 0 amide bonds. The first-order chi connectivity index (χ1) is 9.72. The molecule has 0 saturated heterocycles. The minimum absolute atomic E-state index is 0.342. The highest BCUT2D eigenvalue weighted by molar-refractivity contribution is 7.99. The van der Waals surface area contributed by atoms with E-state index in [4.69, 9.17) is 4.74 Å². The number of nitrogens with zero attached hydrogens (tertiary/aromatic N) is 5. The van der Waals surface area contributed by atoms with E-state index in [-0.39, 0.29) is 0 Å². The standard InChI is InChI=1S/C12H18N6OS/c1-4-8-19-10-15-9(13-5-2)16-11(17-10)20-12-14-6-7-18(12)3/h6-7H,4-5,8H2,1-3H3,(H,13,15,16,17). The molecule has 0 aliphatic rings. The van der Waals surface area contributed by atoms with E-state index in [0.717, 1.165) is 18.1 Å². The number of imidazole rings is 1. The zero-order valence-corrected chi connectivity index (χ0v) is 12.6. The minimum Gasteiger partial charge on any atom is -0.463 e. The highest BCUT2D eigenvalue weighted by atomic mass is 32.2. The first-order valence-electron chi connectivity index (χ1n) is 6.50. The first-order valence-corrected chi connectivity index (χ1v) is 7.32. The summed E-state index contributed by atoms with van der Waals surface area (Å²) in [6.45, 7) is 5.35. The number of nitrogens with one attached hydrogen (secondary N) is 1. The van der Waals surface area contributed by atoms with E-state index in [0.29, 0.717) is 23.7 Å². The molecular formula is C12H18N6OS. The van der Waals surface area contributed by atoms with Crippen molar-refractivity contribution in [2.24, 2.45) is 7.05 Å². The summed E-state index contributed by atoms with van der Waals surface area (Å²) in [7, 11) is 1.93. The maximum absolute atomic E-state index is 5.49. The molecule has 20 heavy (non-hydrogen) atoms. The molecule has 0 aliphatic carbocycles. The molecule has 0 fully saturated rings. The molecule has 2 aromatic rings. The van der Waals surface area contributed by atoms with E-state index in [2.05, 4.69) is 25.3 Å². The molecule has 7 nitrogen and oxygen atoms in total. The lowest BCUT2D eigenvalue weighted by Gasteiger charge is -2.07. The van der Waals surface area contributed by atoms with Gasteiger partial charge in [0, 0.05) is 26.0 Å². The van der Waals surface area contributed by atoms with Gasteiger partial charge in [0.15, 0.2) is 5.16 Å². The van der Waals surface area contributed by atoms with Gasteiger partial charge in [-0.2, -0.15) is 15.0 Å². The maximum atomic E-state index is 5.49. The zero-order valence-electron chi connectivity index (χ0n) is 11.8. The Labute approximate surface area is 122 Å². The molecule has 0 radical (unpaired) electrons. The molecule has 0 atom stereocenters. The van der Waals surface area contributed by atoms with Crippen LogP contribution in [0.25, 0.3) is 0 Å². The van der Waals surface area contributed by atoms with Crippen molar-refractivity contribution in [1.29, 1.82) is 0 Å². The summed E-state index contributed by atoms with van der Waals surface area (Å²) < 4.78 is 7.40. The molecule has 0 aliphatic heterocycles. The molecule has 0 unspecified atom stereocenters. The fraction of sp³-hybridized carbons (Fsp3) is 0.500. The Hall–Kier alpha value is -1.83. The van der Waals surface area contributed by atoms with E-state index in [1.807, 2.05) is 31.7 Å². The van der Waals surface area contributed by atoms with Crippen LogP contribution in [0.5, 0.6) is 6.01 Å². The lowest BCUT2D eigenvalue weighted by Crippen LogP contribution is -2.08. The van der Waals surface area contributed by atoms with Gasteiger partial charge < -0.3 is 14.6 Å². The maximum Gasteiger partial charge on any atom is 0.322 e. The second kappa shape index (κ2) is 7.09. The van der Waals surface area contributed by atoms with Gasteiger partial charge in [0.05, 0.1) is 6.61 Å². The zero-order chi connectivity index (χ0) is 14.4. The Balaban J connectivity index is 2.21. The lowest BCUT2D eigenvalue weighted by atomic mass is 10.5. The van der Waals surface area contributed by atoms with Crippen molar-refractivity contribution in [3.8, 4) is 6.01 Å². The molecule has 1 N–H and O–H groups in total. The fourth-order valence-electron chi connectivity index (χ4n) is 1.41. The van der Waals surface area contributed by atoms with E-state index in [9.17, 15) is 0 Å². The predicted octanol–water partition coefficient (Wildman–Crippen LogP) is 1.98. The molecule has 2 heterocycles. The van der Waals surface area contributed by atoms with Gasteiger partial charge in [-0.1, -0.05) is 6.92 Å². The van der Waals surface area contributed by atoms with E-state index >= 15 is 0 Å². The molecule has 0 spiro atoms. The minimum atomic E-state index is 0.342. The largest absolute Gasteiger partial charge is 0.463 e. The quantitative estimate of drug-likeness (QED) is 0.836. The number of anilines is 1. The van der Waals surface area contributed by atoms with E-state index < -0.39 is 0 Å². The summed E-state index contributed by atoms with van der Waals surface area (Å²) in [5.41, 5.74) is 0. The van der Waals surface area contributed by atoms with Crippen LogP contribution in [0.2, 0.25) is 0 Å². The van der Waals surface area contributed by atoms with Crippen LogP contribution in [-0.2, 0) is 7.05 Å². The highest BCUT2D eigenvalue weighted by Gasteiger charge is 2.11. The third-order valence-electron chi connectivity index (χ3n) is 2.32. The van der Waals surface area contributed by atoms with Crippen LogP contribution in [0.3, 0.4) is 0 Å². The van der Waals surface area contributed by atoms with Crippen LogP contribution in [0.15, 0.2) is 22.7 Å². The Morgan fingerprint density at radius 2 is 2.15 bits per heavy atom. The van der Waals surface area contributed by atoms with Crippen molar-refractivity contribution < 1.29 is 4.74 Å². The number of hydrogen-bond donors (Lipinski definition) is 1. The molecular weight excluding hydrogens is 276 g/mol. The van der Waals surface area contributed by atoms with Crippen molar-refractivity contribution in [2.45, 2.75) is 30.6 Å². The molecule has 2 rings (SSSR count). The Kier molecular flexibility index (Phi) is 5.16. The number of aryl methyl sites for hydroxylation is 1. The molecule has 2 aromatic heterocycles. The van der Waals surface area contributed by atoms with Gasteiger partial charge in [-0.05, 0) is 25.1 Å². The van der Waals surface area contributed by atoms with Crippen molar-refractivity contribution in [3.63, 3.8) is 0 Å². The van der Waals surface area contributed by atoms with Crippen molar-refractivity contribution >= 4 is 17.7 Å². The van der Waals surface area contributed by atoms with Crippen molar-refractivity contribution in [2.75, 3.05) is 18.5 Å². The fourth-order valence-corrected chi connectivity index (χ4v) is 2.15. The number of aromatic nitrogens is 5. The summed E-state index contributed by atoms with van der Waals surface area (Å²) in [5.74, 6) is 0.519. The first kappa shape index (κ1) is 14.6. The van der Waals surface area contributed by atoms with Gasteiger partial charge in [-0.25, -0.2) is 4.98 Å². The van der Waals surface area contributed by atoms with Crippen LogP contribution in [0.4, 0.5) is 5.95 Å². The second-order valence-corrected chi connectivity index (χ2v) is 4.96. The average molecular weight is 294 g/mol. The van der Waals surface area contributed by atoms with E-state index in [1.54, 1.807) is 6.20 Å². The third kappa shape index (κ3) is 3.83. The van der Waals surface area contributed by atoms with Crippen LogP contribution in [0, 0.1) is 0 Å². The molecule has 0 bridgehead atoms. The molecule has 8 heteroatoms. The topological polar surface area (TPSA) is 77.8 Å². The SMILES string of the molecule is CCCOc1nc(NCC)nc(Sc2nccn2C)n1. The van der Waals surface area contributed by atoms with Gasteiger partial charge in [-0.15, -0.1) is 0 Å². The lowest BCUT2D eigenvalue weighted by molar-refractivity contribution is 0.288. The van der Waals surface area contributed by atoms with Crippen molar-refractivity contribution in [3.05, 3.63) is 12.4 Å². The van der Waals surface area contributed by atoms with Gasteiger partial charge in [-0.3, -0.25) is 0 Å². The number of ether oxygens (including phenoxy) is 1. The van der Waals surface area contributed by atoms with Crippen LogP contribution >= 0.6 is 11.8 Å². The Morgan fingerprint density at radius 1 is 1.30 bits per heavy atom. The van der Waals surface area contributed by atoms with Gasteiger partial charge in [0.2, 0.25) is 11.1 Å². The highest BCUT2D eigenvalue weighted by Crippen LogP contribution is 2.24. The summed E-state index contributed by atoms with van der Waals surface area (Å²) >= 11 is 1.38. The van der Waals surface area contributed by atoms with Crippen LogP contribution in [0.1, 0.15) is 20.3 Å². The summed E-state index contributed by atoms with van der Waals surface area (Å²) in [4.78, 5) is 17.1. The van der Waals surface area contributed by atoms with Gasteiger partial charge >= 0.3 is 6.01 Å². The van der Waals surface area contributed by atoms with E-state index in [1.165, 1.54) is 11.8 Å². The Bertz CT molecular complexity index is 559. The monoisotopic (exact) mass is 294 g/mol. The van der Waals surface area contributed by atoms with Crippen LogP contribution in [-0.4, -0.2) is 37.7 Å². The number of rotatable bonds is 7. The van der Waals surface area contributed by atoms with Gasteiger partial charge in [0.1, 0.15) is 0 Å². The van der Waals surface area contributed by atoms with Crippen molar-refractivity contribution in [1.82, 2.24) is 24.5 Å². The molecule has 0 saturated carbocycles. The molecule has 108 valence electrons. The number of hydrogen-bond acceptors (Lipinski definition) is 7. The summed E-state index contributed by atoms with van der Waals surface area (Å²) in [6, 6.07) is 0.342. The second-order valence-electron chi connectivity index (χ2n) is 4.03. The van der Waals surface area contributed by atoms with Gasteiger partial charge in [0.25, 0.3) is 0 Å². The summed E-state index contributed by atoms with van der Waals surface area (Å²) in [5, 5.41) is 4.46. The summed E-state index contributed by atoms with van der Waals surface area (Å²) in [6.07, 6.45) is 4.52. The molecule has 0 aromatic carbocycles. The average Bonchev–Trinajstić information content (AvgIpc) is 2.82. The van der Waals surface area contributed by atoms with Crippen LogP contribution < -0.4 is 10.1 Å². The Morgan fingerprint density at radius 3 is 2.80 bits per heavy atom. The smallest absolute Gasteiger partial charge is 0.322 e. The third-order valence-corrected chi connectivity index (χ3v) is 3.27. The predicted molar refractivity (Wildman–Crippen MR) is 77.1 cm³/mol. The normalized spacial score (nSPS) is 10.6.